The molecule has 1 rings (SSSR count). The van der Waals surface area contributed by atoms with Crippen molar-refractivity contribution >= 4 is 33.0 Å². The van der Waals surface area contributed by atoms with Gasteiger partial charge >= 0.3 is 0 Å². The summed E-state index contributed by atoms with van der Waals surface area (Å²) in [4.78, 5) is 9.77. The number of hydrazone groups is 1. The van der Waals surface area contributed by atoms with Crippen LogP contribution in [-0.2, 0) is 0 Å². The van der Waals surface area contributed by atoms with E-state index in [2.05, 4.69) is 26.5 Å². The smallest absolute Gasteiger partial charge is 0.273 e. The molecule has 0 radical (unpaired) electrons. The minimum atomic E-state index is -0.927. The van der Waals surface area contributed by atoms with Crippen LogP contribution in [0.3, 0.4) is 0 Å². The summed E-state index contributed by atoms with van der Waals surface area (Å²) < 4.78 is 13.5. The molecule has 0 aliphatic carbocycles. The first kappa shape index (κ1) is 13.5. The molecule has 0 spiro atoms. The zero-order chi connectivity index (χ0) is 13.7. The zero-order valence-electron chi connectivity index (χ0n) is 8.52. The van der Waals surface area contributed by atoms with Gasteiger partial charge in [0.25, 0.3) is 5.69 Å². The average molecular weight is 312 g/mol. The van der Waals surface area contributed by atoms with E-state index in [1.165, 1.54) is 12.1 Å². The Balaban J connectivity index is 3.11. The molecule has 0 saturated heterocycles. The Bertz CT molecular complexity index is 601. The molecular weight excluding hydrogens is 309 g/mol. The quantitative estimate of drug-likeness (QED) is 0.522. The molecule has 90 valence electrons. The highest BCUT2D eigenvalue weighted by atomic mass is 79.9. The van der Waals surface area contributed by atoms with Crippen molar-refractivity contribution in [3.8, 4) is 12.1 Å². The summed E-state index contributed by atoms with van der Waals surface area (Å²) in [6, 6.07) is 4.72. The summed E-state index contributed by atoms with van der Waals surface area (Å²) in [5, 5.41) is 30.7. The van der Waals surface area contributed by atoms with E-state index >= 15 is 0 Å². The number of rotatable bonds is 3. The van der Waals surface area contributed by atoms with Crippen LogP contribution in [0.5, 0.6) is 0 Å². The standard InChI is InChI=1S/C9H3BrFN5O2/c10-6-1-8(15-14-5(3-12)4-13)7(11)2-9(6)16(17)18/h1-2,15H. The predicted octanol–water partition coefficient (Wildman–Crippen LogP) is 2.31. The lowest BCUT2D eigenvalue weighted by Gasteiger charge is -2.03. The lowest BCUT2D eigenvalue weighted by atomic mass is 10.3. The van der Waals surface area contributed by atoms with E-state index < -0.39 is 22.1 Å². The third kappa shape index (κ3) is 2.99. The number of benzene rings is 1. The normalized spacial score (nSPS) is 8.89. The number of halogens is 2. The Kier molecular flexibility index (Phi) is 4.29. The number of nitriles is 2. The second kappa shape index (κ2) is 5.70. The van der Waals surface area contributed by atoms with E-state index in [1.54, 1.807) is 0 Å². The molecule has 0 atom stereocenters. The molecule has 0 saturated carbocycles. The van der Waals surface area contributed by atoms with Crippen LogP contribution >= 0.6 is 15.9 Å². The number of nitrogens with zero attached hydrogens (tertiary/aromatic N) is 4. The van der Waals surface area contributed by atoms with Crippen molar-refractivity contribution in [2.75, 3.05) is 5.43 Å². The van der Waals surface area contributed by atoms with E-state index in [0.717, 1.165) is 6.07 Å². The van der Waals surface area contributed by atoms with Crippen LogP contribution in [0.25, 0.3) is 0 Å². The number of nitro groups is 1. The molecule has 1 N–H and O–H groups in total. The Morgan fingerprint density at radius 1 is 1.50 bits per heavy atom. The first-order valence-corrected chi connectivity index (χ1v) is 5.06. The van der Waals surface area contributed by atoms with Crippen molar-refractivity contribution in [1.29, 1.82) is 10.5 Å². The predicted molar refractivity (Wildman–Crippen MR) is 63.0 cm³/mol. The molecule has 1 aromatic rings. The molecule has 0 amide bonds. The van der Waals surface area contributed by atoms with Gasteiger partial charge < -0.3 is 0 Å². The molecule has 0 aliphatic heterocycles. The van der Waals surface area contributed by atoms with Crippen molar-refractivity contribution in [2.24, 2.45) is 5.10 Å². The Morgan fingerprint density at radius 2 is 2.11 bits per heavy atom. The highest BCUT2D eigenvalue weighted by molar-refractivity contribution is 9.10. The fourth-order valence-electron chi connectivity index (χ4n) is 0.953. The molecule has 0 fully saturated rings. The summed E-state index contributed by atoms with van der Waals surface area (Å²) in [5.41, 5.74) is 1.00. The van der Waals surface area contributed by atoms with Crippen LogP contribution in [0.15, 0.2) is 21.7 Å². The molecule has 0 aromatic heterocycles. The Hall–Kier alpha value is -2.52. The Morgan fingerprint density at radius 3 is 2.61 bits per heavy atom. The first-order chi connectivity index (χ1) is 8.49. The van der Waals surface area contributed by atoms with Crippen molar-refractivity contribution in [3.63, 3.8) is 0 Å². The van der Waals surface area contributed by atoms with Gasteiger partial charge in [-0.1, -0.05) is 0 Å². The van der Waals surface area contributed by atoms with Crippen LogP contribution in [0, 0.1) is 38.6 Å². The first-order valence-electron chi connectivity index (χ1n) is 4.27. The van der Waals surface area contributed by atoms with Crippen molar-refractivity contribution in [1.82, 2.24) is 0 Å². The fraction of sp³-hybridized carbons (Fsp3) is 0. The summed E-state index contributed by atoms with van der Waals surface area (Å²) in [6.07, 6.45) is 0. The minimum Gasteiger partial charge on any atom is -0.273 e. The number of nitrogens with one attached hydrogen (secondary N) is 1. The van der Waals surface area contributed by atoms with Crippen LogP contribution < -0.4 is 5.43 Å². The van der Waals surface area contributed by atoms with Crippen molar-refractivity contribution < 1.29 is 9.31 Å². The highest BCUT2D eigenvalue weighted by Crippen LogP contribution is 2.30. The van der Waals surface area contributed by atoms with E-state index in [4.69, 9.17) is 10.5 Å². The molecule has 18 heavy (non-hydrogen) atoms. The van der Waals surface area contributed by atoms with E-state index in [0.29, 0.717) is 6.07 Å². The lowest BCUT2D eigenvalue weighted by Crippen LogP contribution is -2.00. The van der Waals surface area contributed by atoms with Crippen LogP contribution in [0.1, 0.15) is 0 Å². The largest absolute Gasteiger partial charge is 0.286 e. The summed E-state index contributed by atoms with van der Waals surface area (Å²) in [6.45, 7) is 0. The third-order valence-electron chi connectivity index (χ3n) is 1.73. The van der Waals surface area contributed by atoms with Crippen molar-refractivity contribution in [2.45, 2.75) is 0 Å². The van der Waals surface area contributed by atoms with Crippen LogP contribution in [0.2, 0.25) is 0 Å². The second-order valence-electron chi connectivity index (χ2n) is 2.84. The molecule has 0 unspecified atom stereocenters. The van der Waals surface area contributed by atoms with E-state index in [9.17, 15) is 14.5 Å². The third-order valence-corrected chi connectivity index (χ3v) is 2.37. The molecule has 7 nitrogen and oxygen atoms in total. The lowest BCUT2D eigenvalue weighted by molar-refractivity contribution is -0.385. The summed E-state index contributed by atoms with van der Waals surface area (Å²) in [5.74, 6) is -0.927. The van der Waals surface area contributed by atoms with Crippen LogP contribution in [-0.4, -0.2) is 10.6 Å². The van der Waals surface area contributed by atoms with Gasteiger partial charge in [-0.25, -0.2) is 4.39 Å². The number of nitro benzene ring substituents is 1. The Labute approximate surface area is 108 Å². The highest BCUT2D eigenvalue weighted by Gasteiger charge is 2.16. The van der Waals surface area contributed by atoms with Gasteiger partial charge in [-0.3, -0.25) is 15.5 Å². The van der Waals surface area contributed by atoms with E-state index in [1.807, 2.05) is 0 Å². The fourth-order valence-corrected chi connectivity index (χ4v) is 1.44. The minimum absolute atomic E-state index is 0.0436. The number of anilines is 1. The molecule has 0 heterocycles. The van der Waals surface area contributed by atoms with Gasteiger partial charge in [-0.15, -0.1) is 0 Å². The van der Waals surface area contributed by atoms with Gasteiger partial charge in [-0.05, 0) is 22.0 Å². The van der Waals surface area contributed by atoms with Crippen LogP contribution in [0.4, 0.5) is 15.8 Å². The molecule has 0 aliphatic rings. The maximum absolute atomic E-state index is 13.4. The van der Waals surface area contributed by atoms with Gasteiger partial charge in [-0.2, -0.15) is 15.6 Å². The van der Waals surface area contributed by atoms with E-state index in [-0.39, 0.29) is 10.2 Å². The van der Waals surface area contributed by atoms with Gasteiger partial charge in [0.1, 0.15) is 12.1 Å². The number of hydrogen-bond acceptors (Lipinski definition) is 6. The molecular formula is C9H3BrFN5O2. The van der Waals surface area contributed by atoms with Gasteiger partial charge in [0.2, 0.25) is 5.71 Å². The molecule has 9 heteroatoms. The average Bonchev–Trinajstić information content (AvgIpc) is 2.33. The number of hydrogen-bond donors (Lipinski definition) is 1. The summed E-state index contributed by atoms with van der Waals surface area (Å²) in [7, 11) is 0. The topological polar surface area (TPSA) is 115 Å². The van der Waals surface area contributed by atoms with Gasteiger partial charge in [0, 0.05) is 0 Å². The molecule has 1 aromatic carbocycles. The maximum Gasteiger partial charge on any atom is 0.286 e. The second-order valence-corrected chi connectivity index (χ2v) is 3.69. The zero-order valence-corrected chi connectivity index (χ0v) is 10.1. The summed E-state index contributed by atoms with van der Waals surface area (Å²) >= 11 is 2.90. The van der Waals surface area contributed by atoms with Gasteiger partial charge in [0.15, 0.2) is 5.82 Å². The SMILES string of the molecule is N#CC(C#N)=NNc1cc(Br)c([N+](=O)[O-])cc1F. The molecule has 0 bridgehead atoms. The maximum atomic E-state index is 13.4. The van der Waals surface area contributed by atoms with Crippen molar-refractivity contribution in [3.05, 3.63) is 32.5 Å². The van der Waals surface area contributed by atoms with Gasteiger partial charge in [0.05, 0.1) is 21.1 Å². The monoisotopic (exact) mass is 311 g/mol.